The van der Waals surface area contributed by atoms with Gasteiger partial charge in [-0.3, -0.25) is 0 Å². The summed E-state index contributed by atoms with van der Waals surface area (Å²) in [7, 11) is 0. The van der Waals surface area contributed by atoms with Gasteiger partial charge in [-0.2, -0.15) is 0 Å². The fourth-order valence-electron chi connectivity index (χ4n) is 3.61. The van der Waals surface area contributed by atoms with Gasteiger partial charge in [0.25, 0.3) is 0 Å². The van der Waals surface area contributed by atoms with Crippen LogP contribution in [-0.2, 0) is 13.1 Å². The van der Waals surface area contributed by atoms with Crippen LogP contribution in [0.3, 0.4) is 0 Å². The van der Waals surface area contributed by atoms with Crippen LogP contribution in [0.1, 0.15) is 36.8 Å². The highest BCUT2D eigenvalue weighted by Gasteiger charge is 2.14. The van der Waals surface area contributed by atoms with Gasteiger partial charge in [0.05, 0.1) is 0 Å². The number of rotatable bonds is 9. The Morgan fingerprint density at radius 1 is 0.931 bits per heavy atom. The van der Waals surface area contributed by atoms with Crippen LogP contribution in [0.25, 0.3) is 0 Å². The Labute approximate surface area is 171 Å². The van der Waals surface area contributed by atoms with Gasteiger partial charge in [-0.15, -0.1) is 0 Å². The van der Waals surface area contributed by atoms with Crippen molar-refractivity contribution in [2.75, 3.05) is 26.2 Å². The molecule has 4 nitrogen and oxygen atoms in total. The first-order valence-electron chi connectivity index (χ1n) is 10.4. The van der Waals surface area contributed by atoms with Crippen LogP contribution in [0.2, 0.25) is 0 Å². The summed E-state index contributed by atoms with van der Waals surface area (Å²) in [6, 6.07) is 11.6. The van der Waals surface area contributed by atoms with Crippen molar-refractivity contribution in [3.05, 3.63) is 65.2 Å². The first-order valence-corrected chi connectivity index (χ1v) is 10.4. The molecule has 0 bridgehead atoms. The normalized spacial score (nSPS) is 16.4. The highest BCUT2D eigenvalue weighted by atomic mass is 19.2. The van der Waals surface area contributed by atoms with Crippen LogP contribution >= 0.6 is 0 Å². The lowest BCUT2D eigenvalue weighted by Crippen LogP contribution is -2.36. The molecule has 6 heteroatoms. The van der Waals surface area contributed by atoms with Gasteiger partial charge in [-0.05, 0) is 61.3 Å². The van der Waals surface area contributed by atoms with E-state index in [9.17, 15) is 13.9 Å². The van der Waals surface area contributed by atoms with Crippen molar-refractivity contribution in [3.8, 4) is 5.75 Å². The number of β-amino-alcohol motifs (C(OH)–C–C–N with tert-alkyl or cyclic N) is 1. The van der Waals surface area contributed by atoms with E-state index in [1.165, 1.54) is 31.7 Å². The van der Waals surface area contributed by atoms with Crippen LogP contribution < -0.4 is 10.1 Å². The Bertz CT molecular complexity index is 764. The number of hydrogen-bond acceptors (Lipinski definition) is 4. The minimum atomic E-state index is -0.836. The second-order valence-corrected chi connectivity index (χ2v) is 7.68. The molecule has 0 radical (unpaired) electrons. The zero-order chi connectivity index (χ0) is 20.5. The highest BCUT2D eigenvalue weighted by molar-refractivity contribution is 5.28. The van der Waals surface area contributed by atoms with Gasteiger partial charge < -0.3 is 20.1 Å². The second kappa shape index (κ2) is 11.2. The van der Waals surface area contributed by atoms with Gasteiger partial charge in [-0.25, -0.2) is 8.78 Å². The van der Waals surface area contributed by atoms with Gasteiger partial charge >= 0.3 is 0 Å². The van der Waals surface area contributed by atoms with Crippen LogP contribution in [0.4, 0.5) is 8.78 Å². The molecule has 1 aliphatic heterocycles. The lowest BCUT2D eigenvalue weighted by molar-refractivity contribution is 0.0693. The summed E-state index contributed by atoms with van der Waals surface area (Å²) in [5.41, 5.74) is 1.71. The minimum Gasteiger partial charge on any atom is -0.491 e. The zero-order valence-electron chi connectivity index (χ0n) is 16.7. The molecule has 3 rings (SSSR count). The standard InChI is InChI=1S/C23H30F2N2O2/c24-22-9-8-19(13-23(22)25)15-26-14-18-6-5-7-21(12-18)29-17-20(28)16-27-10-3-1-2-4-11-27/h5-9,12-13,20,26,28H,1-4,10-11,14-17H2/t20-/m0/s1. The number of nitrogens with zero attached hydrogens (tertiary/aromatic N) is 1. The van der Waals surface area contributed by atoms with Crippen molar-refractivity contribution in [2.45, 2.75) is 44.9 Å². The Morgan fingerprint density at radius 3 is 2.38 bits per heavy atom. The monoisotopic (exact) mass is 404 g/mol. The van der Waals surface area contributed by atoms with E-state index in [1.807, 2.05) is 24.3 Å². The molecule has 2 aromatic carbocycles. The van der Waals surface area contributed by atoms with E-state index in [0.29, 0.717) is 30.9 Å². The summed E-state index contributed by atoms with van der Waals surface area (Å²) < 4.78 is 32.0. The molecular formula is C23H30F2N2O2. The maximum Gasteiger partial charge on any atom is 0.159 e. The molecule has 0 aromatic heterocycles. The Kier molecular flexibility index (Phi) is 8.40. The first-order chi connectivity index (χ1) is 14.1. The van der Waals surface area contributed by atoms with Crippen molar-refractivity contribution in [1.82, 2.24) is 10.2 Å². The zero-order valence-corrected chi connectivity index (χ0v) is 16.7. The number of likely N-dealkylation sites (tertiary alicyclic amines) is 1. The van der Waals surface area contributed by atoms with E-state index in [-0.39, 0.29) is 6.61 Å². The number of halogens is 2. The average Bonchev–Trinajstić information content (AvgIpc) is 2.98. The Hall–Kier alpha value is -2.02. The van der Waals surface area contributed by atoms with E-state index in [4.69, 9.17) is 4.74 Å². The summed E-state index contributed by atoms with van der Waals surface area (Å²) in [4.78, 5) is 2.32. The van der Waals surface area contributed by atoms with E-state index in [0.717, 1.165) is 24.7 Å². The largest absolute Gasteiger partial charge is 0.491 e. The topological polar surface area (TPSA) is 44.7 Å². The van der Waals surface area contributed by atoms with Crippen molar-refractivity contribution in [2.24, 2.45) is 0 Å². The Morgan fingerprint density at radius 2 is 1.66 bits per heavy atom. The van der Waals surface area contributed by atoms with Crippen LogP contribution in [0.15, 0.2) is 42.5 Å². The number of aliphatic hydroxyl groups is 1. The third kappa shape index (κ3) is 7.38. The highest BCUT2D eigenvalue weighted by Crippen LogP contribution is 2.15. The second-order valence-electron chi connectivity index (χ2n) is 7.68. The summed E-state index contributed by atoms with van der Waals surface area (Å²) in [6.07, 6.45) is 4.45. The van der Waals surface area contributed by atoms with Gasteiger partial charge in [0.1, 0.15) is 18.5 Å². The number of hydrogen-bond donors (Lipinski definition) is 2. The molecule has 0 spiro atoms. The van der Waals surface area contributed by atoms with E-state index >= 15 is 0 Å². The molecule has 1 fully saturated rings. The van der Waals surface area contributed by atoms with E-state index in [1.54, 1.807) is 6.07 Å². The molecule has 1 heterocycles. The fraction of sp³-hybridized carbons (Fsp3) is 0.478. The van der Waals surface area contributed by atoms with Gasteiger partial charge in [0.15, 0.2) is 11.6 Å². The molecule has 0 saturated carbocycles. The number of aliphatic hydroxyl groups excluding tert-OH is 1. The molecule has 1 aliphatic rings. The van der Waals surface area contributed by atoms with Gasteiger partial charge in [-0.1, -0.05) is 31.0 Å². The number of nitrogens with one attached hydrogen (secondary N) is 1. The number of benzene rings is 2. The predicted molar refractivity (Wildman–Crippen MR) is 110 cm³/mol. The third-order valence-electron chi connectivity index (χ3n) is 5.15. The maximum absolute atomic E-state index is 13.3. The van der Waals surface area contributed by atoms with Crippen LogP contribution in [0, 0.1) is 11.6 Å². The van der Waals surface area contributed by atoms with Crippen molar-refractivity contribution in [1.29, 1.82) is 0 Å². The Balaban J connectivity index is 1.42. The van der Waals surface area contributed by atoms with Crippen molar-refractivity contribution in [3.63, 3.8) is 0 Å². The van der Waals surface area contributed by atoms with Gasteiger partial charge in [0.2, 0.25) is 0 Å². The molecule has 2 N–H and O–H groups in total. The lowest BCUT2D eigenvalue weighted by atomic mass is 10.2. The predicted octanol–water partition coefficient (Wildman–Crippen LogP) is 3.87. The summed E-state index contributed by atoms with van der Waals surface area (Å²) in [5.74, 6) is -0.956. The van der Waals surface area contributed by atoms with Crippen molar-refractivity contribution < 1.29 is 18.6 Å². The summed E-state index contributed by atoms with van der Waals surface area (Å²) in [5, 5.41) is 13.5. The van der Waals surface area contributed by atoms with E-state index in [2.05, 4.69) is 10.2 Å². The van der Waals surface area contributed by atoms with Crippen LogP contribution in [-0.4, -0.2) is 42.4 Å². The summed E-state index contributed by atoms with van der Waals surface area (Å²) >= 11 is 0. The summed E-state index contributed by atoms with van der Waals surface area (Å²) in [6.45, 7) is 4.04. The maximum atomic E-state index is 13.3. The molecule has 0 unspecified atom stereocenters. The van der Waals surface area contributed by atoms with E-state index < -0.39 is 17.7 Å². The fourth-order valence-corrected chi connectivity index (χ4v) is 3.61. The third-order valence-corrected chi connectivity index (χ3v) is 5.15. The molecule has 29 heavy (non-hydrogen) atoms. The quantitative estimate of drug-likeness (QED) is 0.666. The SMILES string of the molecule is O[C@H](COc1cccc(CNCc2ccc(F)c(F)c2)c1)CN1CCCCCC1. The molecule has 2 aromatic rings. The molecule has 0 amide bonds. The first kappa shape index (κ1) is 21.7. The average molecular weight is 405 g/mol. The molecule has 1 saturated heterocycles. The van der Waals surface area contributed by atoms with Gasteiger partial charge in [0, 0.05) is 19.6 Å². The smallest absolute Gasteiger partial charge is 0.159 e. The van der Waals surface area contributed by atoms with Crippen LogP contribution in [0.5, 0.6) is 5.75 Å². The lowest BCUT2D eigenvalue weighted by Gasteiger charge is -2.23. The minimum absolute atomic E-state index is 0.266. The molecule has 158 valence electrons. The van der Waals surface area contributed by atoms with Crippen molar-refractivity contribution >= 4 is 0 Å². The molecular weight excluding hydrogens is 374 g/mol. The molecule has 0 aliphatic carbocycles. The number of ether oxygens (including phenoxy) is 1. The molecule has 1 atom stereocenters.